The van der Waals surface area contributed by atoms with Crippen molar-refractivity contribution in [1.29, 1.82) is 0 Å². The van der Waals surface area contributed by atoms with Crippen molar-refractivity contribution in [3.63, 3.8) is 0 Å². The number of carbonyl (C=O) groups is 2. The summed E-state index contributed by atoms with van der Waals surface area (Å²) in [7, 11) is 0. The van der Waals surface area contributed by atoms with E-state index in [0.29, 0.717) is 19.6 Å². The summed E-state index contributed by atoms with van der Waals surface area (Å²) in [6.07, 6.45) is -0.125. The van der Waals surface area contributed by atoms with Crippen LogP contribution < -0.4 is 0 Å². The van der Waals surface area contributed by atoms with Gasteiger partial charge >= 0.3 is 6.09 Å². The summed E-state index contributed by atoms with van der Waals surface area (Å²) in [5.41, 5.74) is 0.494. The molecule has 0 aromatic heterocycles. The predicted octanol–water partition coefficient (Wildman–Crippen LogP) is 2.78. The standard InChI is InChI=1S/C17H23NO4/c1-17(2,3)22-16(20)18-10-15(19)9-14(18)12-21-11-13-7-5-4-6-8-13/h4-8,14H,9-12H2,1-3H3/t14-/m0/s1. The summed E-state index contributed by atoms with van der Waals surface area (Å²) in [6, 6.07) is 9.56. The highest BCUT2D eigenvalue weighted by Crippen LogP contribution is 2.19. The maximum atomic E-state index is 12.1. The van der Waals surface area contributed by atoms with Crippen molar-refractivity contribution in [2.24, 2.45) is 0 Å². The smallest absolute Gasteiger partial charge is 0.411 e. The molecular formula is C17H23NO4. The largest absolute Gasteiger partial charge is 0.444 e. The van der Waals surface area contributed by atoms with Crippen LogP contribution in [-0.2, 0) is 20.9 Å². The van der Waals surface area contributed by atoms with Crippen LogP contribution in [0.5, 0.6) is 0 Å². The Hall–Kier alpha value is -1.88. The normalized spacial score (nSPS) is 18.6. The molecule has 1 saturated heterocycles. The van der Waals surface area contributed by atoms with E-state index >= 15 is 0 Å². The van der Waals surface area contributed by atoms with Gasteiger partial charge in [-0.2, -0.15) is 0 Å². The second kappa shape index (κ2) is 6.92. The molecule has 5 nitrogen and oxygen atoms in total. The summed E-state index contributed by atoms with van der Waals surface area (Å²) < 4.78 is 11.0. The monoisotopic (exact) mass is 305 g/mol. The summed E-state index contributed by atoms with van der Waals surface area (Å²) in [6.45, 7) is 6.33. The quantitative estimate of drug-likeness (QED) is 0.858. The molecule has 0 radical (unpaired) electrons. The molecule has 1 atom stereocenters. The van der Waals surface area contributed by atoms with Gasteiger partial charge in [-0.3, -0.25) is 9.69 Å². The van der Waals surface area contributed by atoms with Crippen LogP contribution in [0.25, 0.3) is 0 Å². The maximum absolute atomic E-state index is 12.1. The lowest BCUT2D eigenvalue weighted by Gasteiger charge is -2.27. The molecular weight excluding hydrogens is 282 g/mol. The fourth-order valence-electron chi connectivity index (χ4n) is 2.33. The van der Waals surface area contributed by atoms with Crippen molar-refractivity contribution in [2.75, 3.05) is 13.2 Å². The van der Waals surface area contributed by atoms with Gasteiger partial charge in [0.05, 0.1) is 25.8 Å². The number of benzene rings is 1. The molecule has 1 aliphatic heterocycles. The summed E-state index contributed by atoms with van der Waals surface area (Å²) in [5.74, 6) is 0.0409. The number of carbonyl (C=O) groups excluding carboxylic acids is 2. The Morgan fingerprint density at radius 3 is 2.59 bits per heavy atom. The number of ketones is 1. The Morgan fingerprint density at radius 1 is 1.27 bits per heavy atom. The first-order valence-electron chi connectivity index (χ1n) is 7.48. The van der Waals surface area contributed by atoms with Gasteiger partial charge in [0.25, 0.3) is 0 Å². The van der Waals surface area contributed by atoms with Gasteiger partial charge < -0.3 is 9.47 Å². The van der Waals surface area contributed by atoms with Gasteiger partial charge in [0.1, 0.15) is 5.60 Å². The molecule has 1 fully saturated rings. The van der Waals surface area contributed by atoms with Crippen molar-refractivity contribution in [3.05, 3.63) is 35.9 Å². The van der Waals surface area contributed by atoms with E-state index < -0.39 is 11.7 Å². The van der Waals surface area contributed by atoms with E-state index in [4.69, 9.17) is 9.47 Å². The van der Waals surface area contributed by atoms with Crippen molar-refractivity contribution in [3.8, 4) is 0 Å². The number of likely N-dealkylation sites (tertiary alicyclic amines) is 1. The van der Waals surface area contributed by atoms with Gasteiger partial charge in [-0.15, -0.1) is 0 Å². The highest BCUT2D eigenvalue weighted by atomic mass is 16.6. The molecule has 120 valence electrons. The van der Waals surface area contributed by atoms with E-state index in [0.717, 1.165) is 5.56 Å². The minimum Gasteiger partial charge on any atom is -0.444 e. The van der Waals surface area contributed by atoms with Crippen molar-refractivity contribution < 1.29 is 19.1 Å². The molecule has 1 aromatic carbocycles. The first-order valence-corrected chi connectivity index (χ1v) is 7.48. The molecule has 5 heteroatoms. The second-order valence-corrected chi connectivity index (χ2v) is 6.51. The third-order valence-electron chi connectivity index (χ3n) is 3.30. The molecule has 2 rings (SSSR count). The minimum atomic E-state index is -0.571. The lowest BCUT2D eigenvalue weighted by Crippen LogP contribution is -2.41. The average Bonchev–Trinajstić information content (AvgIpc) is 2.79. The molecule has 1 aromatic rings. The third-order valence-corrected chi connectivity index (χ3v) is 3.30. The van der Waals surface area contributed by atoms with Crippen molar-refractivity contribution in [2.45, 2.75) is 45.4 Å². The molecule has 0 bridgehead atoms. The number of hydrogen-bond acceptors (Lipinski definition) is 4. The SMILES string of the molecule is CC(C)(C)OC(=O)N1CC(=O)C[C@H]1COCc1ccccc1. The Balaban J connectivity index is 1.88. The number of rotatable bonds is 4. The number of Topliss-reactive ketones (excluding diaryl/α,β-unsaturated/α-hetero) is 1. The number of nitrogens with zero attached hydrogens (tertiary/aromatic N) is 1. The fourth-order valence-corrected chi connectivity index (χ4v) is 2.33. The third kappa shape index (κ3) is 4.84. The lowest BCUT2D eigenvalue weighted by atomic mass is 10.2. The van der Waals surface area contributed by atoms with Gasteiger partial charge in [-0.1, -0.05) is 30.3 Å². The van der Waals surface area contributed by atoms with Crippen LogP contribution in [-0.4, -0.2) is 41.6 Å². The molecule has 0 spiro atoms. The highest BCUT2D eigenvalue weighted by Gasteiger charge is 2.36. The van der Waals surface area contributed by atoms with Gasteiger partial charge in [-0.25, -0.2) is 4.79 Å². The summed E-state index contributed by atoms with van der Waals surface area (Å²) >= 11 is 0. The first-order chi connectivity index (χ1) is 10.3. The van der Waals surface area contributed by atoms with Gasteiger partial charge in [0.15, 0.2) is 5.78 Å². The predicted molar refractivity (Wildman–Crippen MR) is 82.5 cm³/mol. The van der Waals surface area contributed by atoms with Crippen LogP contribution in [0.4, 0.5) is 4.79 Å². The topological polar surface area (TPSA) is 55.8 Å². The highest BCUT2D eigenvalue weighted by molar-refractivity contribution is 5.88. The van der Waals surface area contributed by atoms with Crippen LogP contribution in [0.1, 0.15) is 32.8 Å². The van der Waals surface area contributed by atoms with Gasteiger partial charge in [0.2, 0.25) is 0 Å². The van der Waals surface area contributed by atoms with Crippen LogP contribution in [0.15, 0.2) is 30.3 Å². The Kier molecular flexibility index (Phi) is 5.19. The van der Waals surface area contributed by atoms with Gasteiger partial charge in [-0.05, 0) is 26.3 Å². The molecule has 1 amide bonds. The maximum Gasteiger partial charge on any atom is 0.411 e. The molecule has 22 heavy (non-hydrogen) atoms. The lowest BCUT2D eigenvalue weighted by molar-refractivity contribution is -0.117. The number of hydrogen-bond donors (Lipinski definition) is 0. The Morgan fingerprint density at radius 2 is 1.95 bits per heavy atom. The molecule has 0 N–H and O–H groups in total. The summed E-state index contributed by atoms with van der Waals surface area (Å²) in [4.78, 5) is 25.3. The average molecular weight is 305 g/mol. The van der Waals surface area contributed by atoms with E-state index in [1.165, 1.54) is 4.90 Å². The van der Waals surface area contributed by atoms with Crippen LogP contribution >= 0.6 is 0 Å². The number of amides is 1. The number of ether oxygens (including phenoxy) is 2. The molecule has 1 heterocycles. The fraction of sp³-hybridized carbons (Fsp3) is 0.529. The van der Waals surface area contributed by atoms with E-state index in [9.17, 15) is 9.59 Å². The second-order valence-electron chi connectivity index (χ2n) is 6.51. The zero-order valence-corrected chi connectivity index (χ0v) is 13.4. The summed E-state index contributed by atoms with van der Waals surface area (Å²) in [5, 5.41) is 0. The van der Waals surface area contributed by atoms with E-state index in [2.05, 4.69) is 0 Å². The minimum absolute atomic E-state index is 0.0409. The van der Waals surface area contributed by atoms with E-state index in [-0.39, 0.29) is 18.4 Å². The van der Waals surface area contributed by atoms with Crippen LogP contribution in [0.2, 0.25) is 0 Å². The van der Waals surface area contributed by atoms with Crippen molar-refractivity contribution in [1.82, 2.24) is 4.90 Å². The van der Waals surface area contributed by atoms with E-state index in [1.54, 1.807) is 0 Å². The van der Waals surface area contributed by atoms with Crippen LogP contribution in [0.3, 0.4) is 0 Å². The Bertz CT molecular complexity index is 521. The van der Waals surface area contributed by atoms with Crippen LogP contribution in [0, 0.1) is 0 Å². The zero-order chi connectivity index (χ0) is 16.2. The van der Waals surface area contributed by atoms with E-state index in [1.807, 2.05) is 51.1 Å². The molecule has 0 unspecified atom stereocenters. The Labute approximate surface area is 131 Å². The molecule has 0 saturated carbocycles. The van der Waals surface area contributed by atoms with Gasteiger partial charge in [0, 0.05) is 6.42 Å². The zero-order valence-electron chi connectivity index (χ0n) is 13.4. The first kappa shape index (κ1) is 16.5. The van der Waals surface area contributed by atoms with Crippen molar-refractivity contribution >= 4 is 11.9 Å². The molecule has 0 aliphatic carbocycles. The molecule has 1 aliphatic rings.